The maximum absolute atomic E-state index is 13.4. The first-order valence-corrected chi connectivity index (χ1v) is 8.93. The van der Waals surface area contributed by atoms with Crippen molar-refractivity contribution >= 4 is 17.6 Å². The highest BCUT2D eigenvalue weighted by Crippen LogP contribution is 2.38. The molecule has 2 atom stereocenters. The summed E-state index contributed by atoms with van der Waals surface area (Å²) in [5.41, 5.74) is 3.69. The van der Waals surface area contributed by atoms with Crippen molar-refractivity contribution in [1.82, 2.24) is 15.5 Å². The lowest BCUT2D eigenvalue weighted by molar-refractivity contribution is -0.118. The van der Waals surface area contributed by atoms with E-state index in [0.29, 0.717) is 11.4 Å². The molecule has 2 amide bonds. The molecule has 0 fully saturated rings. The monoisotopic (exact) mass is 378 g/mol. The van der Waals surface area contributed by atoms with Gasteiger partial charge in [-0.05, 0) is 43.7 Å². The number of hydrogen-bond donors (Lipinski definition) is 3. The molecule has 0 radical (unpaired) electrons. The maximum Gasteiger partial charge on any atom is 0.251 e. The summed E-state index contributed by atoms with van der Waals surface area (Å²) in [5.74, 6) is -1.14. The summed E-state index contributed by atoms with van der Waals surface area (Å²) in [6, 6.07) is 12.2. The number of nitrogens with zero attached hydrogens (tertiary/aromatic N) is 1. The summed E-state index contributed by atoms with van der Waals surface area (Å²) < 4.78 is 13.4. The van der Waals surface area contributed by atoms with Crippen molar-refractivity contribution in [3.8, 4) is 0 Å². The van der Waals surface area contributed by atoms with Crippen LogP contribution in [0, 0.1) is 19.7 Å². The predicted octanol–water partition coefficient (Wildman–Crippen LogP) is 3.05. The Hall–Kier alpha value is -3.48. The van der Waals surface area contributed by atoms with E-state index < -0.39 is 12.0 Å². The summed E-state index contributed by atoms with van der Waals surface area (Å²) in [5, 5.41) is 12.6. The average molecular weight is 378 g/mol. The molecule has 2 heterocycles. The molecule has 3 aromatic rings. The largest absolute Gasteiger partial charge is 0.339 e. The van der Waals surface area contributed by atoms with Crippen LogP contribution in [0.3, 0.4) is 0 Å². The zero-order chi connectivity index (χ0) is 19.8. The predicted molar refractivity (Wildman–Crippen MR) is 103 cm³/mol. The van der Waals surface area contributed by atoms with E-state index in [1.807, 2.05) is 19.9 Å². The topological polar surface area (TPSA) is 86.9 Å². The summed E-state index contributed by atoms with van der Waals surface area (Å²) in [6.45, 7) is 3.74. The highest BCUT2D eigenvalue weighted by molar-refractivity contribution is 6.03. The molecule has 7 heteroatoms. The number of benzene rings is 2. The molecule has 0 unspecified atom stereocenters. The first kappa shape index (κ1) is 17.9. The van der Waals surface area contributed by atoms with Crippen LogP contribution in [0.2, 0.25) is 0 Å². The van der Waals surface area contributed by atoms with Crippen LogP contribution in [0.15, 0.2) is 48.5 Å². The van der Waals surface area contributed by atoms with Gasteiger partial charge in [0, 0.05) is 22.7 Å². The number of nitrogens with one attached hydrogen (secondary N) is 3. The second kappa shape index (κ2) is 6.92. The third kappa shape index (κ3) is 3.15. The molecular weight excluding hydrogens is 359 g/mol. The normalized spacial score (nSPS) is 18.3. The van der Waals surface area contributed by atoms with E-state index in [9.17, 15) is 14.0 Å². The van der Waals surface area contributed by atoms with Crippen LogP contribution in [-0.4, -0.2) is 28.1 Å². The van der Waals surface area contributed by atoms with Crippen LogP contribution in [-0.2, 0) is 4.79 Å². The number of hydrogen-bond acceptors (Lipinski definition) is 3. The van der Waals surface area contributed by atoms with Gasteiger partial charge in [-0.15, -0.1) is 0 Å². The number of amides is 2. The van der Waals surface area contributed by atoms with Crippen molar-refractivity contribution in [2.45, 2.75) is 25.8 Å². The third-order valence-corrected chi connectivity index (χ3v) is 4.96. The number of anilines is 1. The Kier molecular flexibility index (Phi) is 4.43. The molecule has 1 aromatic heterocycles. The van der Waals surface area contributed by atoms with Crippen molar-refractivity contribution < 1.29 is 14.0 Å². The van der Waals surface area contributed by atoms with Crippen molar-refractivity contribution in [1.29, 1.82) is 0 Å². The van der Waals surface area contributed by atoms with E-state index in [1.165, 1.54) is 12.1 Å². The Morgan fingerprint density at radius 1 is 1.14 bits per heavy atom. The molecule has 1 aliphatic rings. The maximum atomic E-state index is 13.4. The number of aryl methyl sites for hydroxylation is 2. The number of carbonyl (C=O) groups is 2. The molecular formula is C21H19FN4O2. The Morgan fingerprint density at radius 3 is 2.61 bits per heavy atom. The van der Waals surface area contributed by atoms with Gasteiger partial charge in [0.2, 0.25) is 5.91 Å². The minimum Gasteiger partial charge on any atom is -0.339 e. The summed E-state index contributed by atoms with van der Waals surface area (Å²) in [4.78, 5) is 25.6. The van der Waals surface area contributed by atoms with Crippen LogP contribution in [0.1, 0.15) is 38.7 Å². The van der Waals surface area contributed by atoms with Gasteiger partial charge >= 0.3 is 0 Å². The van der Waals surface area contributed by atoms with Crippen molar-refractivity contribution in [3.05, 3.63) is 82.3 Å². The van der Waals surface area contributed by atoms with Gasteiger partial charge in [-0.2, -0.15) is 5.10 Å². The Bertz CT molecular complexity index is 1060. The van der Waals surface area contributed by atoms with E-state index >= 15 is 0 Å². The second-order valence-corrected chi connectivity index (χ2v) is 6.95. The van der Waals surface area contributed by atoms with Crippen molar-refractivity contribution in [2.24, 2.45) is 0 Å². The number of aromatic amines is 1. The number of fused-ring (bicyclic) bond motifs is 1. The molecule has 6 nitrogen and oxygen atoms in total. The first-order valence-electron chi connectivity index (χ1n) is 8.93. The molecule has 0 saturated carbocycles. The molecule has 2 aromatic carbocycles. The first-order chi connectivity index (χ1) is 13.4. The fourth-order valence-corrected chi connectivity index (χ4v) is 3.62. The number of carbonyl (C=O) groups excluding carboxylic acids is 2. The smallest absolute Gasteiger partial charge is 0.251 e. The van der Waals surface area contributed by atoms with E-state index in [2.05, 4.69) is 20.8 Å². The Labute approximate surface area is 161 Å². The third-order valence-electron chi connectivity index (χ3n) is 4.96. The van der Waals surface area contributed by atoms with Crippen LogP contribution in [0.25, 0.3) is 0 Å². The minimum atomic E-state index is -0.859. The molecule has 3 N–H and O–H groups in total. The van der Waals surface area contributed by atoms with E-state index in [4.69, 9.17) is 0 Å². The highest BCUT2D eigenvalue weighted by atomic mass is 19.1. The SMILES string of the molecule is Cc1cccc(C(=O)N[C@@H]2C(=O)Nc3n[nH]c(C)c3[C@H]2c2ccc(F)cc2)c1. The van der Waals surface area contributed by atoms with Crippen molar-refractivity contribution in [3.63, 3.8) is 0 Å². The van der Waals surface area contributed by atoms with Crippen molar-refractivity contribution in [2.75, 3.05) is 5.32 Å². The summed E-state index contributed by atoms with van der Waals surface area (Å²) in [6.07, 6.45) is 0. The van der Waals surface area contributed by atoms with Crippen LogP contribution >= 0.6 is 0 Å². The second-order valence-electron chi connectivity index (χ2n) is 6.95. The Balaban J connectivity index is 1.75. The van der Waals surface area contributed by atoms with Crippen LogP contribution in [0.5, 0.6) is 0 Å². The van der Waals surface area contributed by atoms with Gasteiger partial charge < -0.3 is 10.6 Å². The quantitative estimate of drug-likeness (QED) is 0.655. The number of H-pyrrole nitrogens is 1. The number of halogens is 1. The summed E-state index contributed by atoms with van der Waals surface area (Å²) in [7, 11) is 0. The van der Waals surface area contributed by atoms with E-state index in [0.717, 1.165) is 22.4 Å². The van der Waals surface area contributed by atoms with Gasteiger partial charge in [-0.1, -0.05) is 29.8 Å². The van der Waals surface area contributed by atoms with E-state index in [1.54, 1.807) is 30.3 Å². The van der Waals surface area contributed by atoms with Gasteiger partial charge in [0.25, 0.3) is 5.91 Å². The standard InChI is InChI=1S/C21H19FN4O2/c1-11-4-3-5-14(10-11)20(27)23-18-17(13-6-8-15(22)9-7-13)16-12(2)25-26-19(16)24-21(18)28/h3-10,17-18H,1-2H3,(H,23,27)(H2,24,25,26,28)/t17-,18+/m1/s1. The molecule has 28 heavy (non-hydrogen) atoms. The molecule has 4 rings (SSSR count). The highest BCUT2D eigenvalue weighted by Gasteiger charge is 2.40. The molecule has 0 spiro atoms. The van der Waals surface area contributed by atoms with Gasteiger partial charge in [0.1, 0.15) is 11.9 Å². The lowest BCUT2D eigenvalue weighted by Gasteiger charge is -2.32. The Morgan fingerprint density at radius 2 is 1.89 bits per heavy atom. The van der Waals surface area contributed by atoms with E-state index in [-0.39, 0.29) is 17.6 Å². The molecule has 142 valence electrons. The zero-order valence-electron chi connectivity index (χ0n) is 15.4. The fourth-order valence-electron chi connectivity index (χ4n) is 3.62. The van der Waals surface area contributed by atoms with Gasteiger partial charge in [0.05, 0.1) is 0 Å². The van der Waals surface area contributed by atoms with Crippen LogP contribution in [0.4, 0.5) is 10.2 Å². The van der Waals surface area contributed by atoms with Gasteiger partial charge in [-0.3, -0.25) is 14.7 Å². The fraction of sp³-hybridized carbons (Fsp3) is 0.190. The molecule has 0 aliphatic carbocycles. The minimum absolute atomic E-state index is 0.347. The van der Waals surface area contributed by atoms with Gasteiger partial charge in [0.15, 0.2) is 5.82 Å². The zero-order valence-corrected chi connectivity index (χ0v) is 15.4. The lowest BCUT2D eigenvalue weighted by Crippen LogP contribution is -2.50. The van der Waals surface area contributed by atoms with Crippen LogP contribution < -0.4 is 10.6 Å². The van der Waals surface area contributed by atoms with Gasteiger partial charge in [-0.25, -0.2) is 4.39 Å². The lowest BCUT2D eigenvalue weighted by atomic mass is 9.82. The molecule has 0 saturated heterocycles. The number of rotatable bonds is 3. The number of aromatic nitrogens is 2. The average Bonchev–Trinajstić information content (AvgIpc) is 3.03. The molecule has 0 bridgehead atoms. The molecule has 1 aliphatic heterocycles. The summed E-state index contributed by atoms with van der Waals surface area (Å²) >= 11 is 0.